The average molecular weight is 234 g/mol. The molecule has 0 saturated heterocycles. The molecular weight excluding hydrogens is 216 g/mol. The fourth-order valence-corrected chi connectivity index (χ4v) is 0.783. The van der Waals surface area contributed by atoms with Gasteiger partial charge in [0.2, 0.25) is 0 Å². The van der Waals surface area contributed by atoms with Gasteiger partial charge >= 0.3 is 12.2 Å². The fraction of sp³-hybridized carbons (Fsp3) is 0.778. The van der Waals surface area contributed by atoms with Crippen LogP contribution in [0.15, 0.2) is 0 Å². The van der Waals surface area contributed by atoms with E-state index in [2.05, 4.69) is 20.1 Å². The zero-order chi connectivity index (χ0) is 12.4. The standard InChI is InChI=1S/C9H18N2O5/c1-3-10-8(13)15-5-7(12)6-16-9(14)11-4-2/h7,12H,3-6H2,1-2H3,(H,10,13)(H,11,14). The predicted molar refractivity (Wildman–Crippen MR) is 56.1 cm³/mol. The lowest BCUT2D eigenvalue weighted by atomic mass is 10.4. The molecule has 0 radical (unpaired) electrons. The lowest BCUT2D eigenvalue weighted by Crippen LogP contribution is -2.32. The molecule has 0 heterocycles. The van der Waals surface area contributed by atoms with E-state index in [1.165, 1.54) is 0 Å². The van der Waals surface area contributed by atoms with E-state index in [9.17, 15) is 14.7 Å². The Balaban J connectivity index is 3.54. The zero-order valence-corrected chi connectivity index (χ0v) is 9.49. The number of carbonyl (C=O) groups excluding carboxylic acids is 2. The molecule has 0 rings (SSSR count). The first-order chi connectivity index (χ1) is 7.60. The smallest absolute Gasteiger partial charge is 0.407 e. The SMILES string of the molecule is CCNC(=O)OCC(O)COC(=O)NCC. The minimum Gasteiger partial charge on any atom is -0.447 e. The molecule has 94 valence electrons. The average Bonchev–Trinajstić information content (AvgIpc) is 2.24. The van der Waals surface area contributed by atoms with E-state index in [4.69, 9.17) is 0 Å². The van der Waals surface area contributed by atoms with E-state index >= 15 is 0 Å². The summed E-state index contributed by atoms with van der Waals surface area (Å²) in [5, 5.41) is 14.1. The van der Waals surface area contributed by atoms with Crippen molar-refractivity contribution >= 4 is 12.2 Å². The topological polar surface area (TPSA) is 96.9 Å². The molecule has 0 aliphatic heterocycles. The molecule has 16 heavy (non-hydrogen) atoms. The Labute approximate surface area is 94.1 Å². The van der Waals surface area contributed by atoms with Gasteiger partial charge in [-0.25, -0.2) is 9.59 Å². The monoisotopic (exact) mass is 234 g/mol. The second-order valence-corrected chi connectivity index (χ2v) is 2.91. The Morgan fingerprint density at radius 2 is 1.44 bits per heavy atom. The van der Waals surface area contributed by atoms with Crippen molar-refractivity contribution < 1.29 is 24.2 Å². The van der Waals surface area contributed by atoms with E-state index < -0.39 is 18.3 Å². The number of hydrogen-bond acceptors (Lipinski definition) is 5. The Bertz CT molecular complexity index is 200. The second-order valence-electron chi connectivity index (χ2n) is 2.91. The summed E-state index contributed by atoms with van der Waals surface area (Å²) in [5.74, 6) is 0. The summed E-state index contributed by atoms with van der Waals surface area (Å²) in [6.07, 6.45) is -2.25. The third-order valence-corrected chi connectivity index (χ3v) is 1.46. The summed E-state index contributed by atoms with van der Waals surface area (Å²) < 4.78 is 9.25. The molecule has 0 atom stereocenters. The zero-order valence-electron chi connectivity index (χ0n) is 9.49. The molecule has 2 amide bonds. The van der Waals surface area contributed by atoms with Crippen LogP contribution in [0.3, 0.4) is 0 Å². The number of nitrogens with one attached hydrogen (secondary N) is 2. The van der Waals surface area contributed by atoms with Gasteiger partial charge in [0, 0.05) is 13.1 Å². The van der Waals surface area contributed by atoms with Gasteiger partial charge in [-0.15, -0.1) is 0 Å². The van der Waals surface area contributed by atoms with Crippen molar-refractivity contribution in [3.63, 3.8) is 0 Å². The molecule has 0 fully saturated rings. The second kappa shape index (κ2) is 8.78. The Morgan fingerprint density at radius 1 is 1.06 bits per heavy atom. The highest BCUT2D eigenvalue weighted by atomic mass is 16.6. The lowest BCUT2D eigenvalue weighted by molar-refractivity contribution is 0.0229. The Morgan fingerprint density at radius 3 is 1.75 bits per heavy atom. The molecule has 0 aliphatic rings. The van der Waals surface area contributed by atoms with Gasteiger partial charge in [-0.1, -0.05) is 0 Å². The summed E-state index contributed by atoms with van der Waals surface area (Å²) in [5.41, 5.74) is 0. The van der Waals surface area contributed by atoms with Crippen molar-refractivity contribution in [2.24, 2.45) is 0 Å². The largest absolute Gasteiger partial charge is 0.447 e. The molecular formula is C9H18N2O5. The molecule has 7 nitrogen and oxygen atoms in total. The summed E-state index contributed by atoms with van der Waals surface area (Å²) in [4.78, 5) is 21.6. The molecule has 7 heteroatoms. The maximum Gasteiger partial charge on any atom is 0.407 e. The number of amides is 2. The van der Waals surface area contributed by atoms with Crippen LogP contribution in [0.2, 0.25) is 0 Å². The summed E-state index contributed by atoms with van der Waals surface area (Å²) in [7, 11) is 0. The van der Waals surface area contributed by atoms with Crippen LogP contribution in [0, 0.1) is 0 Å². The van der Waals surface area contributed by atoms with Crippen LogP contribution in [0.25, 0.3) is 0 Å². The van der Waals surface area contributed by atoms with Gasteiger partial charge in [0.15, 0.2) is 0 Å². The number of hydrogen-bond donors (Lipinski definition) is 3. The summed E-state index contributed by atoms with van der Waals surface area (Å²) in [6.45, 7) is 3.96. The van der Waals surface area contributed by atoms with Gasteiger partial charge in [-0.05, 0) is 13.8 Å². The number of rotatable bonds is 6. The minimum atomic E-state index is -1.02. The Kier molecular flexibility index (Phi) is 7.96. The number of aliphatic hydroxyl groups excluding tert-OH is 1. The van der Waals surface area contributed by atoms with Crippen LogP contribution in [0.4, 0.5) is 9.59 Å². The molecule has 0 spiro atoms. The van der Waals surface area contributed by atoms with Gasteiger partial charge in [0.05, 0.1) is 0 Å². The van der Waals surface area contributed by atoms with Gasteiger partial charge in [-0.2, -0.15) is 0 Å². The molecule has 3 N–H and O–H groups in total. The van der Waals surface area contributed by atoms with Crippen molar-refractivity contribution in [2.75, 3.05) is 26.3 Å². The van der Waals surface area contributed by atoms with E-state index in [0.717, 1.165) is 0 Å². The van der Waals surface area contributed by atoms with Gasteiger partial charge < -0.3 is 25.2 Å². The normalized spacial score (nSPS) is 9.75. The van der Waals surface area contributed by atoms with Crippen molar-refractivity contribution in [1.29, 1.82) is 0 Å². The first-order valence-electron chi connectivity index (χ1n) is 5.09. The summed E-state index contributed by atoms with van der Waals surface area (Å²) >= 11 is 0. The van der Waals surface area contributed by atoms with Crippen LogP contribution in [0.1, 0.15) is 13.8 Å². The van der Waals surface area contributed by atoms with Gasteiger partial charge in [0.1, 0.15) is 19.3 Å². The first-order valence-corrected chi connectivity index (χ1v) is 5.09. The van der Waals surface area contributed by atoms with Crippen molar-refractivity contribution in [2.45, 2.75) is 20.0 Å². The molecule has 0 aromatic rings. The number of aliphatic hydroxyl groups is 1. The van der Waals surface area contributed by atoms with Crippen molar-refractivity contribution in [1.82, 2.24) is 10.6 Å². The number of carbonyl (C=O) groups is 2. The third kappa shape index (κ3) is 7.86. The maximum atomic E-state index is 10.8. The predicted octanol–water partition coefficient (Wildman–Crippen LogP) is -0.160. The highest BCUT2D eigenvalue weighted by Gasteiger charge is 2.10. The maximum absolute atomic E-state index is 10.8. The fourth-order valence-electron chi connectivity index (χ4n) is 0.783. The molecule has 0 aromatic carbocycles. The molecule has 0 saturated carbocycles. The summed E-state index contributed by atoms with van der Waals surface area (Å²) in [6, 6.07) is 0. The van der Waals surface area contributed by atoms with Crippen LogP contribution < -0.4 is 10.6 Å². The van der Waals surface area contributed by atoms with E-state index in [-0.39, 0.29) is 13.2 Å². The quantitative estimate of drug-likeness (QED) is 0.593. The van der Waals surface area contributed by atoms with Crippen molar-refractivity contribution in [3.8, 4) is 0 Å². The first kappa shape index (κ1) is 14.5. The number of alkyl carbamates (subject to hydrolysis) is 2. The lowest BCUT2D eigenvalue weighted by Gasteiger charge is -2.12. The molecule has 0 aromatic heterocycles. The van der Waals surface area contributed by atoms with Gasteiger partial charge in [-0.3, -0.25) is 0 Å². The van der Waals surface area contributed by atoms with E-state index in [1.54, 1.807) is 13.8 Å². The third-order valence-electron chi connectivity index (χ3n) is 1.46. The molecule has 0 bridgehead atoms. The van der Waals surface area contributed by atoms with E-state index in [0.29, 0.717) is 13.1 Å². The molecule has 0 unspecified atom stereocenters. The number of ether oxygens (including phenoxy) is 2. The van der Waals surface area contributed by atoms with Crippen LogP contribution in [-0.2, 0) is 9.47 Å². The van der Waals surface area contributed by atoms with Gasteiger partial charge in [0.25, 0.3) is 0 Å². The van der Waals surface area contributed by atoms with Crippen LogP contribution in [0.5, 0.6) is 0 Å². The highest BCUT2D eigenvalue weighted by molar-refractivity contribution is 5.67. The Hall–Kier alpha value is -1.50. The van der Waals surface area contributed by atoms with Crippen molar-refractivity contribution in [3.05, 3.63) is 0 Å². The van der Waals surface area contributed by atoms with E-state index in [1.807, 2.05) is 0 Å². The minimum absolute atomic E-state index is 0.217. The molecule has 0 aliphatic carbocycles. The van der Waals surface area contributed by atoms with Crippen LogP contribution >= 0.6 is 0 Å². The van der Waals surface area contributed by atoms with Crippen LogP contribution in [-0.4, -0.2) is 49.7 Å². The highest BCUT2D eigenvalue weighted by Crippen LogP contribution is 1.89.